The van der Waals surface area contributed by atoms with Gasteiger partial charge in [-0.2, -0.15) is 0 Å². The zero-order chi connectivity index (χ0) is 22.7. The molecule has 3 aromatic rings. The van der Waals surface area contributed by atoms with Gasteiger partial charge in [-0.3, -0.25) is 4.98 Å². The monoisotopic (exact) mass is 471 g/mol. The number of furan rings is 1. The van der Waals surface area contributed by atoms with Crippen LogP contribution in [0.3, 0.4) is 0 Å². The molecule has 2 atom stereocenters. The summed E-state index contributed by atoms with van der Waals surface area (Å²) in [5.74, 6) is 0.138. The van der Waals surface area contributed by atoms with Gasteiger partial charge >= 0.3 is 5.97 Å². The molecule has 2 N–H and O–H groups in total. The van der Waals surface area contributed by atoms with Gasteiger partial charge in [0.1, 0.15) is 17.6 Å². The van der Waals surface area contributed by atoms with Crippen molar-refractivity contribution in [3.05, 3.63) is 76.8 Å². The van der Waals surface area contributed by atoms with E-state index in [9.17, 15) is 9.90 Å². The highest BCUT2D eigenvalue weighted by Crippen LogP contribution is 2.41. The van der Waals surface area contributed by atoms with Crippen LogP contribution in [0.5, 0.6) is 0 Å². The Morgan fingerprint density at radius 3 is 2.88 bits per heavy atom. The molecule has 1 aliphatic heterocycles. The van der Waals surface area contributed by atoms with Gasteiger partial charge in [-0.15, -0.1) is 0 Å². The molecule has 2 aromatic heterocycles. The molecule has 4 rings (SSSR count). The van der Waals surface area contributed by atoms with E-state index < -0.39 is 5.97 Å². The number of carboxylic acids is 1. The van der Waals surface area contributed by atoms with Crippen LogP contribution in [-0.2, 0) is 4.74 Å². The van der Waals surface area contributed by atoms with Crippen molar-refractivity contribution in [3.8, 4) is 11.3 Å². The quantitative estimate of drug-likeness (QED) is 0.361. The van der Waals surface area contributed by atoms with Crippen LogP contribution >= 0.6 is 23.8 Å². The molecule has 1 fully saturated rings. The molecule has 7 nitrogen and oxygen atoms in total. The maximum Gasteiger partial charge on any atom is 0.335 e. The van der Waals surface area contributed by atoms with Crippen molar-refractivity contribution in [2.45, 2.75) is 18.5 Å². The van der Waals surface area contributed by atoms with Crippen molar-refractivity contribution in [1.29, 1.82) is 0 Å². The Labute approximate surface area is 196 Å². The largest absolute Gasteiger partial charge is 0.478 e. The second-order valence-corrected chi connectivity index (χ2v) is 8.16. The first-order valence-electron chi connectivity index (χ1n) is 10.1. The first kappa shape index (κ1) is 22.3. The van der Waals surface area contributed by atoms with Crippen LogP contribution in [0.1, 0.15) is 40.3 Å². The van der Waals surface area contributed by atoms with Crippen LogP contribution in [0.4, 0.5) is 0 Å². The van der Waals surface area contributed by atoms with Gasteiger partial charge in [0.25, 0.3) is 0 Å². The predicted octanol–water partition coefficient (Wildman–Crippen LogP) is 4.70. The van der Waals surface area contributed by atoms with Crippen LogP contribution in [0.15, 0.2) is 59.1 Å². The van der Waals surface area contributed by atoms with E-state index in [0.717, 1.165) is 12.1 Å². The second kappa shape index (κ2) is 9.68. The summed E-state index contributed by atoms with van der Waals surface area (Å²) in [6.45, 7) is 1.29. The van der Waals surface area contributed by atoms with Gasteiger partial charge < -0.3 is 24.5 Å². The molecular formula is C23H22ClN3O4S. The van der Waals surface area contributed by atoms with Crippen LogP contribution in [-0.4, -0.2) is 46.3 Å². The van der Waals surface area contributed by atoms with E-state index in [-0.39, 0.29) is 17.6 Å². The molecule has 0 amide bonds. The molecule has 9 heteroatoms. The van der Waals surface area contributed by atoms with Crippen molar-refractivity contribution < 1.29 is 19.1 Å². The van der Waals surface area contributed by atoms with E-state index in [4.69, 9.17) is 33.0 Å². The lowest BCUT2D eigenvalue weighted by Gasteiger charge is -2.26. The number of thiocarbonyl (C=S) groups is 1. The fourth-order valence-corrected chi connectivity index (χ4v) is 4.38. The van der Waals surface area contributed by atoms with E-state index in [0.29, 0.717) is 40.4 Å². The zero-order valence-electron chi connectivity index (χ0n) is 17.3. The molecular weight excluding hydrogens is 450 g/mol. The highest BCUT2D eigenvalue weighted by atomic mass is 35.5. The maximum absolute atomic E-state index is 11.4. The normalized spacial score (nSPS) is 18.1. The topological polar surface area (TPSA) is 87.8 Å². The summed E-state index contributed by atoms with van der Waals surface area (Å²) < 4.78 is 11.4. The number of ether oxygens (including phenoxy) is 1. The van der Waals surface area contributed by atoms with Crippen molar-refractivity contribution >= 4 is 34.9 Å². The molecule has 1 aromatic carbocycles. The van der Waals surface area contributed by atoms with E-state index in [1.54, 1.807) is 25.4 Å². The number of hydrogen-bond acceptors (Lipinski definition) is 5. The third-order valence-corrected chi connectivity index (χ3v) is 6.02. The SMILES string of the molecule is COCCCN1C(=S)NC(c2ccccn2)C1c1ccc(-c2cc(C(=O)O)ccc2Cl)o1. The lowest BCUT2D eigenvalue weighted by atomic mass is 10.0. The highest BCUT2D eigenvalue weighted by molar-refractivity contribution is 7.80. The predicted molar refractivity (Wildman–Crippen MR) is 125 cm³/mol. The number of benzene rings is 1. The fourth-order valence-electron chi connectivity index (χ4n) is 3.84. The van der Waals surface area contributed by atoms with Crippen molar-refractivity contribution in [2.75, 3.05) is 20.3 Å². The summed E-state index contributed by atoms with van der Waals surface area (Å²) in [6.07, 6.45) is 2.54. The Morgan fingerprint density at radius 2 is 2.16 bits per heavy atom. The Morgan fingerprint density at radius 1 is 1.31 bits per heavy atom. The molecule has 2 unspecified atom stereocenters. The van der Waals surface area contributed by atoms with Gasteiger partial charge in [0.2, 0.25) is 0 Å². The molecule has 1 aliphatic rings. The summed E-state index contributed by atoms with van der Waals surface area (Å²) >= 11 is 12.0. The van der Waals surface area contributed by atoms with Gasteiger partial charge in [-0.05, 0) is 61.1 Å². The molecule has 0 radical (unpaired) electrons. The first-order valence-corrected chi connectivity index (χ1v) is 10.9. The van der Waals surface area contributed by atoms with Crippen LogP contribution in [0, 0.1) is 0 Å². The van der Waals surface area contributed by atoms with Gasteiger partial charge in [0.05, 0.1) is 22.3 Å². The van der Waals surface area contributed by atoms with Crippen molar-refractivity contribution in [1.82, 2.24) is 15.2 Å². The first-order chi connectivity index (χ1) is 15.5. The summed E-state index contributed by atoms with van der Waals surface area (Å²) in [5.41, 5.74) is 1.50. The summed E-state index contributed by atoms with van der Waals surface area (Å²) in [6, 6.07) is 13.5. The number of aromatic nitrogens is 1. The maximum atomic E-state index is 11.4. The molecule has 0 spiro atoms. The average Bonchev–Trinajstić information content (AvgIpc) is 3.39. The van der Waals surface area contributed by atoms with Gasteiger partial charge in [0.15, 0.2) is 5.11 Å². The number of nitrogens with one attached hydrogen (secondary N) is 1. The van der Waals surface area contributed by atoms with Gasteiger partial charge in [0, 0.05) is 32.0 Å². The minimum absolute atomic E-state index is 0.138. The number of pyridine rings is 1. The molecule has 32 heavy (non-hydrogen) atoms. The number of halogens is 1. The number of rotatable bonds is 8. The smallest absolute Gasteiger partial charge is 0.335 e. The average molecular weight is 472 g/mol. The van der Waals surface area contributed by atoms with Crippen LogP contribution in [0.2, 0.25) is 5.02 Å². The Kier molecular flexibility index (Phi) is 6.74. The lowest BCUT2D eigenvalue weighted by Crippen LogP contribution is -2.31. The standard InChI is InChI=1S/C23H22ClN3O4S/c1-30-12-4-11-27-21(20(26-23(27)32)17-5-2-3-10-25-17)19-9-8-18(31-19)15-13-14(22(28)29)6-7-16(15)24/h2-3,5-10,13,20-21H,4,11-12H2,1H3,(H,26,32)(H,28,29). The third-order valence-electron chi connectivity index (χ3n) is 5.34. The Balaban J connectivity index is 1.71. The van der Waals surface area contributed by atoms with Crippen molar-refractivity contribution in [2.24, 2.45) is 0 Å². The third kappa shape index (κ3) is 4.48. The second-order valence-electron chi connectivity index (χ2n) is 7.37. The summed E-state index contributed by atoms with van der Waals surface area (Å²) in [5, 5.41) is 13.7. The van der Waals surface area contributed by atoms with Crippen LogP contribution in [0.25, 0.3) is 11.3 Å². The molecule has 0 bridgehead atoms. The molecule has 3 heterocycles. The number of hydrogen-bond donors (Lipinski definition) is 2. The van der Waals surface area contributed by atoms with Crippen LogP contribution < -0.4 is 5.32 Å². The number of aromatic carboxylic acids is 1. The Bertz CT molecular complexity index is 1120. The summed E-state index contributed by atoms with van der Waals surface area (Å²) in [7, 11) is 1.67. The van der Waals surface area contributed by atoms with E-state index in [2.05, 4.69) is 15.2 Å². The number of nitrogens with zero attached hydrogens (tertiary/aromatic N) is 2. The van der Waals surface area contributed by atoms with E-state index in [1.807, 2.05) is 24.3 Å². The molecule has 1 saturated heterocycles. The zero-order valence-corrected chi connectivity index (χ0v) is 18.9. The van der Waals surface area contributed by atoms with Gasteiger partial charge in [-0.25, -0.2) is 4.79 Å². The Hall–Kier alpha value is -2.94. The minimum atomic E-state index is -1.03. The molecule has 0 aliphatic carbocycles. The number of carboxylic acid groups (broad SMARTS) is 1. The number of carbonyl (C=O) groups is 1. The number of methoxy groups -OCH3 is 1. The highest BCUT2D eigenvalue weighted by Gasteiger charge is 2.41. The van der Waals surface area contributed by atoms with Gasteiger partial charge in [-0.1, -0.05) is 17.7 Å². The molecule has 166 valence electrons. The van der Waals surface area contributed by atoms with Crippen molar-refractivity contribution in [3.63, 3.8) is 0 Å². The minimum Gasteiger partial charge on any atom is -0.478 e. The fraction of sp³-hybridized carbons (Fsp3) is 0.261. The van der Waals surface area contributed by atoms with E-state index >= 15 is 0 Å². The lowest BCUT2D eigenvalue weighted by molar-refractivity contribution is 0.0697. The van der Waals surface area contributed by atoms with E-state index in [1.165, 1.54) is 12.1 Å². The summed E-state index contributed by atoms with van der Waals surface area (Å²) in [4.78, 5) is 18.0. The molecule has 0 saturated carbocycles.